The third-order valence-electron chi connectivity index (χ3n) is 15.6. The van der Waals surface area contributed by atoms with Gasteiger partial charge >= 0.3 is 0 Å². The highest BCUT2D eigenvalue weighted by atomic mass is 16.3. The first-order valence-corrected chi connectivity index (χ1v) is 27.2. The van der Waals surface area contributed by atoms with E-state index in [9.17, 15) is 0 Å². The summed E-state index contributed by atoms with van der Waals surface area (Å²) in [5.74, 6) is 1.66. The maximum absolute atomic E-state index is 6.82. The molecule has 0 aliphatic rings. The van der Waals surface area contributed by atoms with E-state index in [0.29, 0.717) is 0 Å². The van der Waals surface area contributed by atoms with Crippen molar-refractivity contribution < 1.29 is 8.83 Å². The number of hydrogen-bond donors (Lipinski definition) is 0. The zero-order chi connectivity index (χ0) is 53.2. The number of rotatable bonds is 10. The Morgan fingerprint density at radius 2 is 0.608 bits per heavy atom. The monoisotopic (exact) mass is 1020 g/mol. The molecular weight excluding hydrogens is 961 g/mol. The van der Waals surface area contributed by atoms with E-state index in [-0.39, 0.29) is 5.41 Å². The van der Waals surface area contributed by atoms with Crippen molar-refractivity contribution >= 4 is 88.4 Å². The third-order valence-corrected chi connectivity index (χ3v) is 15.6. The van der Waals surface area contributed by atoms with Gasteiger partial charge in [0.05, 0.1) is 0 Å². The van der Waals surface area contributed by atoms with Gasteiger partial charge in [-0.1, -0.05) is 184 Å². The predicted molar refractivity (Wildman–Crippen MR) is 333 cm³/mol. The van der Waals surface area contributed by atoms with Crippen molar-refractivity contribution in [2.45, 2.75) is 33.1 Å². The summed E-state index contributed by atoms with van der Waals surface area (Å²) in [5.41, 5.74) is 17.8. The predicted octanol–water partition coefficient (Wildman–Crippen LogP) is 21.9. The summed E-state index contributed by atoms with van der Waals surface area (Å²) in [6.45, 7) is 8.91. The van der Waals surface area contributed by atoms with Crippen LogP contribution in [0, 0.1) is 6.92 Å². The molecule has 0 radical (unpaired) electrons. The number of furan rings is 2. The van der Waals surface area contributed by atoms with Gasteiger partial charge in [0.2, 0.25) is 0 Å². The van der Waals surface area contributed by atoms with E-state index in [0.717, 1.165) is 111 Å². The molecule has 14 rings (SSSR count). The number of hydrogen-bond acceptors (Lipinski definition) is 4. The van der Waals surface area contributed by atoms with Crippen molar-refractivity contribution in [2.24, 2.45) is 0 Å². The Balaban J connectivity index is 0.753. The molecular formula is C75H56N2O2. The smallest absolute Gasteiger partial charge is 0.142 e. The van der Waals surface area contributed by atoms with Gasteiger partial charge in [-0.15, -0.1) is 0 Å². The van der Waals surface area contributed by atoms with E-state index < -0.39 is 0 Å². The average Bonchev–Trinajstić information content (AvgIpc) is 4.39. The molecule has 2 heterocycles. The number of fused-ring (bicyclic) bond motifs is 7. The Hall–Kier alpha value is -9.90. The van der Waals surface area contributed by atoms with Crippen LogP contribution in [0.5, 0.6) is 0 Å². The molecule has 0 amide bonds. The summed E-state index contributed by atoms with van der Waals surface area (Å²) in [7, 11) is 0. The lowest BCUT2D eigenvalue weighted by atomic mass is 9.87. The van der Waals surface area contributed by atoms with Gasteiger partial charge in [-0.2, -0.15) is 0 Å². The van der Waals surface area contributed by atoms with Crippen LogP contribution in [-0.4, -0.2) is 0 Å². The van der Waals surface area contributed by atoms with Crippen LogP contribution in [0.2, 0.25) is 0 Å². The van der Waals surface area contributed by atoms with E-state index in [1.807, 2.05) is 0 Å². The summed E-state index contributed by atoms with van der Waals surface area (Å²) in [4.78, 5) is 4.68. The van der Waals surface area contributed by atoms with Gasteiger partial charge in [0.1, 0.15) is 22.7 Å². The number of anilines is 6. The van der Waals surface area contributed by atoms with Crippen LogP contribution in [0.25, 0.3) is 99.2 Å². The summed E-state index contributed by atoms with van der Waals surface area (Å²) in [5, 5.41) is 8.73. The second kappa shape index (κ2) is 19.3. The Morgan fingerprint density at radius 1 is 0.278 bits per heavy atom. The zero-order valence-corrected chi connectivity index (χ0v) is 44.6. The SMILES string of the molecule is Cc1ccc(N(c2ccc(-c3ccccc3)cc2)c2ccc3cc(-c4cc5ccc6c(ccc7cc(-c8ccc9cc(N(c%10ccc(-c%11ccccc%11)cc%10)c%10ccc(C(C)(C)C)cc%10)ccc9c8)oc76)c5o4)ccc3c2)cc1. The van der Waals surface area contributed by atoms with Gasteiger partial charge < -0.3 is 18.6 Å². The van der Waals surface area contributed by atoms with E-state index in [1.165, 1.54) is 33.4 Å². The standard InChI is InChI=1S/C75H56N2O2/c1-49-15-31-63(32-16-49)76(64-33-21-52(22-34-64)50-11-7-5-8-12-50)67-37-25-54-43-58(19-17-56(54)45-67)71-47-60-27-41-70-69(73(60)78-71)42-28-61-48-72(79-74(61)70)59-20-18-57-46-68(38-26-55(57)44-59)77(66-39-29-62(30-40-66)75(2,3)4)65-35-23-53(24-36-65)51-13-9-6-10-14-51/h5-48H,1-4H3. The molecule has 0 saturated heterocycles. The van der Waals surface area contributed by atoms with E-state index in [1.54, 1.807) is 0 Å². The van der Waals surface area contributed by atoms with Crippen LogP contribution in [0.1, 0.15) is 31.9 Å². The molecule has 0 saturated carbocycles. The van der Waals surface area contributed by atoms with Crippen LogP contribution >= 0.6 is 0 Å². The molecule has 79 heavy (non-hydrogen) atoms. The lowest BCUT2D eigenvalue weighted by molar-refractivity contribution is 0.590. The largest absolute Gasteiger partial charge is 0.455 e. The molecule has 0 spiro atoms. The van der Waals surface area contributed by atoms with E-state index >= 15 is 0 Å². The minimum atomic E-state index is 0.0588. The Kier molecular flexibility index (Phi) is 11.6. The molecule has 0 unspecified atom stereocenters. The van der Waals surface area contributed by atoms with Gasteiger partial charge in [-0.3, -0.25) is 0 Å². The average molecular weight is 1020 g/mol. The molecule has 14 aromatic rings. The van der Waals surface area contributed by atoms with Crippen molar-refractivity contribution in [2.75, 3.05) is 9.80 Å². The highest BCUT2D eigenvalue weighted by Crippen LogP contribution is 2.43. The molecule has 4 heteroatoms. The molecule has 0 aliphatic heterocycles. The first-order valence-electron chi connectivity index (χ1n) is 27.2. The maximum Gasteiger partial charge on any atom is 0.142 e. The summed E-state index contributed by atoms with van der Waals surface area (Å²) in [6.07, 6.45) is 0. The molecule has 0 fully saturated rings. The zero-order valence-electron chi connectivity index (χ0n) is 44.6. The molecule has 0 aliphatic carbocycles. The van der Waals surface area contributed by atoms with E-state index in [2.05, 4.69) is 304 Å². The lowest BCUT2D eigenvalue weighted by Crippen LogP contribution is -2.13. The first kappa shape index (κ1) is 47.5. The molecule has 12 aromatic carbocycles. The quantitative estimate of drug-likeness (QED) is 0.137. The minimum Gasteiger partial charge on any atom is -0.455 e. The Bertz CT molecular complexity index is 4550. The molecule has 0 atom stereocenters. The van der Waals surface area contributed by atoms with Gasteiger partial charge in [0.25, 0.3) is 0 Å². The molecule has 2 aromatic heterocycles. The van der Waals surface area contributed by atoms with Crippen molar-refractivity contribution in [3.63, 3.8) is 0 Å². The van der Waals surface area contributed by atoms with E-state index in [4.69, 9.17) is 8.83 Å². The number of aryl methyl sites for hydroxylation is 1. The fraction of sp³-hybridized carbons (Fsp3) is 0.0667. The topological polar surface area (TPSA) is 32.8 Å². The van der Waals surface area contributed by atoms with Gasteiger partial charge in [-0.25, -0.2) is 0 Å². The van der Waals surface area contributed by atoms with Crippen molar-refractivity contribution in [3.8, 4) is 44.9 Å². The second-order valence-electron chi connectivity index (χ2n) is 21.9. The second-order valence-corrected chi connectivity index (χ2v) is 21.9. The lowest BCUT2D eigenvalue weighted by Gasteiger charge is -2.27. The fourth-order valence-corrected chi connectivity index (χ4v) is 11.3. The fourth-order valence-electron chi connectivity index (χ4n) is 11.3. The van der Waals surface area contributed by atoms with Crippen LogP contribution in [0.15, 0.2) is 276 Å². The van der Waals surface area contributed by atoms with Crippen molar-refractivity contribution in [1.82, 2.24) is 0 Å². The highest BCUT2D eigenvalue weighted by Gasteiger charge is 2.20. The third kappa shape index (κ3) is 8.97. The maximum atomic E-state index is 6.82. The Morgan fingerprint density at radius 3 is 1.03 bits per heavy atom. The molecule has 0 N–H and O–H groups in total. The van der Waals surface area contributed by atoms with Crippen LogP contribution in [0.3, 0.4) is 0 Å². The van der Waals surface area contributed by atoms with Crippen LogP contribution in [0.4, 0.5) is 34.1 Å². The van der Waals surface area contributed by atoms with Crippen molar-refractivity contribution in [1.29, 1.82) is 0 Å². The first-order chi connectivity index (χ1) is 38.6. The number of benzene rings is 12. The molecule has 4 nitrogen and oxygen atoms in total. The summed E-state index contributed by atoms with van der Waals surface area (Å²) >= 11 is 0. The highest BCUT2D eigenvalue weighted by molar-refractivity contribution is 6.15. The normalized spacial score (nSPS) is 11.8. The summed E-state index contributed by atoms with van der Waals surface area (Å²) < 4.78 is 13.6. The Labute approximate surface area is 460 Å². The van der Waals surface area contributed by atoms with Crippen LogP contribution in [-0.2, 0) is 5.41 Å². The van der Waals surface area contributed by atoms with Gasteiger partial charge in [0, 0.05) is 66.8 Å². The minimum absolute atomic E-state index is 0.0588. The molecule has 378 valence electrons. The molecule has 0 bridgehead atoms. The van der Waals surface area contributed by atoms with Crippen LogP contribution < -0.4 is 9.80 Å². The number of nitrogens with zero attached hydrogens (tertiary/aromatic N) is 2. The summed E-state index contributed by atoms with van der Waals surface area (Å²) in [6, 6.07) is 96.2. The van der Waals surface area contributed by atoms with Gasteiger partial charge in [-0.05, 0) is 171 Å². The van der Waals surface area contributed by atoms with Crippen molar-refractivity contribution in [3.05, 3.63) is 278 Å². The van der Waals surface area contributed by atoms with Gasteiger partial charge in [0.15, 0.2) is 0 Å².